The van der Waals surface area contributed by atoms with Crippen molar-refractivity contribution in [1.82, 2.24) is 9.88 Å². The average Bonchev–Trinajstić information content (AvgIpc) is 2.75. The third kappa shape index (κ3) is 2.87. The lowest BCUT2D eigenvalue weighted by molar-refractivity contribution is 0.0783. The number of hydrogen-bond acceptors (Lipinski definition) is 4. The fourth-order valence-electron chi connectivity index (χ4n) is 1.62. The molecule has 0 radical (unpaired) electrons. The van der Waals surface area contributed by atoms with Gasteiger partial charge in [-0.15, -0.1) is 11.3 Å². The van der Waals surface area contributed by atoms with Gasteiger partial charge in [-0.05, 0) is 31.2 Å². The van der Waals surface area contributed by atoms with E-state index < -0.39 is 0 Å². The van der Waals surface area contributed by atoms with Crippen molar-refractivity contribution in [3.05, 3.63) is 45.9 Å². The van der Waals surface area contributed by atoms with Crippen LogP contribution in [0.3, 0.4) is 0 Å². The summed E-state index contributed by atoms with van der Waals surface area (Å²) < 4.78 is 0. The van der Waals surface area contributed by atoms with Gasteiger partial charge in [-0.1, -0.05) is 0 Å². The summed E-state index contributed by atoms with van der Waals surface area (Å²) in [5, 5.41) is 12.1. The highest BCUT2D eigenvalue weighted by Gasteiger charge is 2.13. The minimum absolute atomic E-state index is 0.0827. The van der Waals surface area contributed by atoms with Crippen molar-refractivity contribution in [1.29, 1.82) is 0 Å². The Bertz CT molecular complexity index is 548. The predicted molar refractivity (Wildman–Crippen MR) is 70.8 cm³/mol. The van der Waals surface area contributed by atoms with Crippen LogP contribution in [-0.4, -0.2) is 27.9 Å². The number of rotatable bonds is 3. The number of aryl methyl sites for hydroxylation is 1. The van der Waals surface area contributed by atoms with Gasteiger partial charge in [0, 0.05) is 18.0 Å². The largest absolute Gasteiger partial charge is 0.508 e. The first-order valence-corrected chi connectivity index (χ1v) is 6.40. The highest BCUT2D eigenvalue weighted by Crippen LogP contribution is 2.14. The molecule has 0 aliphatic rings. The Morgan fingerprint density at radius 2 is 2.06 bits per heavy atom. The summed E-state index contributed by atoms with van der Waals surface area (Å²) in [5.74, 6) is 0.0741. The van der Waals surface area contributed by atoms with Crippen LogP contribution in [0, 0.1) is 6.92 Å². The molecule has 0 spiro atoms. The fourth-order valence-corrected chi connectivity index (χ4v) is 2.22. The molecule has 0 fully saturated rings. The molecule has 18 heavy (non-hydrogen) atoms. The predicted octanol–water partition coefficient (Wildman–Crippen LogP) is 2.43. The Labute approximate surface area is 110 Å². The van der Waals surface area contributed by atoms with Gasteiger partial charge >= 0.3 is 0 Å². The third-order valence-electron chi connectivity index (χ3n) is 2.53. The van der Waals surface area contributed by atoms with Crippen molar-refractivity contribution in [3.63, 3.8) is 0 Å². The number of carbonyl (C=O) groups excluding carboxylic acids is 1. The van der Waals surface area contributed by atoms with Crippen molar-refractivity contribution in [2.75, 3.05) is 7.05 Å². The van der Waals surface area contributed by atoms with Crippen LogP contribution in [0.1, 0.15) is 21.1 Å². The summed E-state index contributed by atoms with van der Waals surface area (Å²) >= 11 is 1.57. The molecule has 2 aromatic rings. The maximum absolute atomic E-state index is 12.1. The van der Waals surface area contributed by atoms with E-state index in [-0.39, 0.29) is 11.7 Å². The molecular formula is C13H14N2O2S. The maximum Gasteiger partial charge on any atom is 0.253 e. The molecule has 0 atom stereocenters. The Morgan fingerprint density at radius 1 is 1.39 bits per heavy atom. The van der Waals surface area contributed by atoms with Crippen LogP contribution in [-0.2, 0) is 6.54 Å². The van der Waals surface area contributed by atoms with Crippen molar-refractivity contribution >= 4 is 17.2 Å². The van der Waals surface area contributed by atoms with E-state index >= 15 is 0 Å². The Hall–Kier alpha value is -1.88. The van der Waals surface area contributed by atoms with E-state index in [4.69, 9.17) is 0 Å². The molecule has 2 rings (SSSR count). The molecular weight excluding hydrogens is 248 g/mol. The lowest BCUT2D eigenvalue weighted by Gasteiger charge is -2.15. The van der Waals surface area contributed by atoms with Crippen LogP contribution in [0.25, 0.3) is 0 Å². The molecule has 1 aromatic heterocycles. The smallest absolute Gasteiger partial charge is 0.253 e. The van der Waals surface area contributed by atoms with Crippen LogP contribution < -0.4 is 0 Å². The number of carbonyl (C=O) groups is 1. The van der Waals surface area contributed by atoms with Crippen molar-refractivity contribution in [2.45, 2.75) is 13.5 Å². The van der Waals surface area contributed by atoms with E-state index in [2.05, 4.69) is 4.98 Å². The van der Waals surface area contributed by atoms with Crippen molar-refractivity contribution in [2.24, 2.45) is 0 Å². The van der Waals surface area contributed by atoms with Gasteiger partial charge < -0.3 is 10.0 Å². The molecule has 0 aliphatic heterocycles. The molecule has 1 amide bonds. The number of amides is 1. The molecule has 0 saturated heterocycles. The first-order valence-electron chi connectivity index (χ1n) is 5.52. The number of thiazole rings is 1. The first-order chi connectivity index (χ1) is 8.56. The van der Waals surface area contributed by atoms with Gasteiger partial charge in [0.05, 0.1) is 17.2 Å². The van der Waals surface area contributed by atoms with Crippen LogP contribution >= 0.6 is 11.3 Å². The average molecular weight is 262 g/mol. The summed E-state index contributed by atoms with van der Waals surface area (Å²) in [5.41, 5.74) is 1.45. The maximum atomic E-state index is 12.1. The quantitative estimate of drug-likeness (QED) is 0.924. The molecule has 0 aliphatic carbocycles. The molecule has 1 N–H and O–H groups in total. The number of phenolic OH excluding ortho intramolecular Hbond substituents is 1. The van der Waals surface area contributed by atoms with Crippen LogP contribution in [0.2, 0.25) is 0 Å². The lowest BCUT2D eigenvalue weighted by Crippen LogP contribution is -2.26. The number of phenols is 1. The third-order valence-corrected chi connectivity index (χ3v) is 3.35. The van der Waals surface area contributed by atoms with Crippen LogP contribution in [0.5, 0.6) is 5.75 Å². The fraction of sp³-hybridized carbons (Fsp3) is 0.231. The minimum atomic E-state index is -0.0827. The second-order valence-electron chi connectivity index (χ2n) is 4.07. The Kier molecular flexibility index (Phi) is 3.62. The van der Waals surface area contributed by atoms with E-state index in [0.717, 1.165) is 10.7 Å². The topological polar surface area (TPSA) is 53.4 Å². The van der Waals surface area contributed by atoms with E-state index in [1.807, 2.05) is 12.3 Å². The van der Waals surface area contributed by atoms with Crippen LogP contribution in [0.4, 0.5) is 0 Å². The molecule has 0 unspecified atom stereocenters. The van der Waals surface area contributed by atoms with Gasteiger partial charge in [-0.2, -0.15) is 0 Å². The summed E-state index contributed by atoms with van der Waals surface area (Å²) in [6.07, 6.45) is 0. The minimum Gasteiger partial charge on any atom is -0.508 e. The Morgan fingerprint density at radius 3 is 2.61 bits per heavy atom. The van der Waals surface area contributed by atoms with E-state index in [1.54, 1.807) is 35.4 Å². The second-order valence-corrected chi connectivity index (χ2v) is 5.13. The van der Waals surface area contributed by atoms with Gasteiger partial charge in [0.2, 0.25) is 0 Å². The van der Waals surface area contributed by atoms with Crippen molar-refractivity contribution < 1.29 is 9.90 Å². The lowest BCUT2D eigenvalue weighted by atomic mass is 10.2. The summed E-state index contributed by atoms with van der Waals surface area (Å²) in [6.45, 7) is 2.43. The molecule has 4 nitrogen and oxygen atoms in total. The molecule has 0 bridgehead atoms. The highest BCUT2D eigenvalue weighted by molar-refractivity contribution is 7.09. The first kappa shape index (κ1) is 12.6. The number of benzene rings is 1. The number of aromatic nitrogens is 1. The Balaban J connectivity index is 2.07. The second kappa shape index (κ2) is 5.18. The van der Waals surface area contributed by atoms with Crippen LogP contribution in [0.15, 0.2) is 29.6 Å². The van der Waals surface area contributed by atoms with Gasteiger partial charge in [0.25, 0.3) is 5.91 Å². The summed E-state index contributed by atoms with van der Waals surface area (Å²) in [7, 11) is 1.74. The van der Waals surface area contributed by atoms with Gasteiger partial charge in [-0.3, -0.25) is 4.79 Å². The monoisotopic (exact) mass is 262 g/mol. The van der Waals surface area contributed by atoms with E-state index in [0.29, 0.717) is 12.1 Å². The van der Waals surface area contributed by atoms with E-state index in [9.17, 15) is 9.90 Å². The number of aromatic hydroxyl groups is 1. The zero-order valence-electron chi connectivity index (χ0n) is 10.3. The summed E-state index contributed by atoms with van der Waals surface area (Å²) in [4.78, 5) is 18.0. The molecule has 0 saturated carbocycles. The SMILES string of the molecule is Cc1nc(CN(C)C(=O)c2ccc(O)cc2)cs1. The normalized spacial score (nSPS) is 10.3. The van der Waals surface area contributed by atoms with Gasteiger partial charge in [0.15, 0.2) is 0 Å². The number of nitrogens with zero attached hydrogens (tertiary/aromatic N) is 2. The van der Waals surface area contributed by atoms with Gasteiger partial charge in [-0.25, -0.2) is 4.98 Å². The molecule has 1 aromatic carbocycles. The molecule has 1 heterocycles. The van der Waals surface area contributed by atoms with Crippen molar-refractivity contribution in [3.8, 4) is 5.75 Å². The standard InChI is InChI=1S/C13H14N2O2S/c1-9-14-11(8-18-9)7-15(2)13(17)10-3-5-12(16)6-4-10/h3-6,8,16H,7H2,1-2H3. The number of hydrogen-bond donors (Lipinski definition) is 1. The zero-order valence-corrected chi connectivity index (χ0v) is 11.1. The molecule has 94 valence electrons. The molecule has 5 heteroatoms. The van der Waals surface area contributed by atoms with Gasteiger partial charge in [0.1, 0.15) is 5.75 Å². The van der Waals surface area contributed by atoms with E-state index in [1.165, 1.54) is 12.1 Å². The highest BCUT2D eigenvalue weighted by atomic mass is 32.1. The zero-order chi connectivity index (χ0) is 13.1. The summed E-state index contributed by atoms with van der Waals surface area (Å²) in [6, 6.07) is 6.24.